The van der Waals surface area contributed by atoms with Crippen molar-refractivity contribution in [2.45, 2.75) is 32.0 Å². The molecule has 1 fully saturated rings. The molecule has 1 aliphatic heterocycles. The van der Waals surface area contributed by atoms with E-state index in [9.17, 15) is 9.90 Å². The highest BCUT2D eigenvalue weighted by atomic mass is 35.5. The molecule has 0 aromatic heterocycles. The van der Waals surface area contributed by atoms with E-state index in [1.54, 1.807) is 12.1 Å². The predicted molar refractivity (Wildman–Crippen MR) is 96.3 cm³/mol. The van der Waals surface area contributed by atoms with E-state index in [1.807, 2.05) is 36.1 Å². The van der Waals surface area contributed by atoms with Crippen LogP contribution in [0.25, 0.3) is 0 Å². The molecule has 2 N–H and O–H groups in total. The lowest BCUT2D eigenvalue weighted by Gasteiger charge is -2.38. The Labute approximate surface area is 151 Å². The van der Waals surface area contributed by atoms with E-state index < -0.39 is 0 Å². The van der Waals surface area contributed by atoms with Crippen molar-refractivity contribution in [3.63, 3.8) is 0 Å². The van der Waals surface area contributed by atoms with Crippen molar-refractivity contribution in [3.8, 4) is 11.5 Å². The first-order chi connectivity index (χ1) is 12.1. The molecule has 0 saturated heterocycles. The highest BCUT2D eigenvalue weighted by molar-refractivity contribution is 6.32. The molecule has 4 rings (SSSR count). The minimum atomic E-state index is -0.341. The third kappa shape index (κ3) is 2.78. The van der Waals surface area contributed by atoms with Gasteiger partial charge in [0.2, 0.25) is 0 Å². The summed E-state index contributed by atoms with van der Waals surface area (Å²) in [6, 6.07) is 11.2. The van der Waals surface area contributed by atoms with Gasteiger partial charge in [-0.2, -0.15) is 0 Å². The maximum absolute atomic E-state index is 13.0. The number of rotatable bonds is 4. The van der Waals surface area contributed by atoms with Crippen LogP contribution in [0.15, 0.2) is 36.4 Å². The highest BCUT2D eigenvalue weighted by Crippen LogP contribution is 2.44. The first-order valence-corrected chi connectivity index (χ1v) is 8.81. The number of nitrogens with zero attached hydrogens (tertiary/aromatic N) is 1. The Bertz CT molecular complexity index is 835. The van der Waals surface area contributed by atoms with Crippen LogP contribution in [0.4, 0.5) is 5.69 Å². The Balaban J connectivity index is 1.79. The summed E-state index contributed by atoms with van der Waals surface area (Å²) in [4.78, 5) is 14.9. The van der Waals surface area contributed by atoms with Crippen LogP contribution in [0.3, 0.4) is 0 Å². The van der Waals surface area contributed by atoms with E-state index in [-0.39, 0.29) is 28.9 Å². The molecular formula is C19H19ClN2O3. The quantitative estimate of drug-likeness (QED) is 0.861. The van der Waals surface area contributed by atoms with Gasteiger partial charge in [-0.3, -0.25) is 4.79 Å². The zero-order valence-electron chi connectivity index (χ0n) is 13.8. The molecule has 5 nitrogen and oxygen atoms in total. The molecule has 6 heteroatoms. The molecular weight excluding hydrogens is 340 g/mol. The molecule has 1 atom stereocenters. The first kappa shape index (κ1) is 16.1. The molecule has 1 amide bonds. The number of anilines is 1. The Kier molecular flexibility index (Phi) is 3.96. The summed E-state index contributed by atoms with van der Waals surface area (Å²) in [7, 11) is 0. The lowest BCUT2D eigenvalue weighted by molar-refractivity contribution is 0.0666. The number of aromatic hydroxyl groups is 1. The van der Waals surface area contributed by atoms with E-state index in [4.69, 9.17) is 16.3 Å². The molecule has 1 heterocycles. The summed E-state index contributed by atoms with van der Waals surface area (Å²) in [6.45, 7) is 2.26. The van der Waals surface area contributed by atoms with E-state index in [1.165, 1.54) is 0 Å². The van der Waals surface area contributed by atoms with Crippen molar-refractivity contribution in [1.29, 1.82) is 0 Å². The van der Waals surface area contributed by atoms with Gasteiger partial charge in [-0.05, 0) is 44.0 Å². The molecule has 0 spiro atoms. The van der Waals surface area contributed by atoms with Gasteiger partial charge in [0.25, 0.3) is 5.91 Å². The standard InChI is InChI=1S/C19H19ClN2O3/c1-2-25-16-10-11(9-14(20)17(16)23)18-21-15-6-4-3-5-13(15)19(24)22(18)12-7-8-12/h3-6,9-10,12,18,21,23H,2,7-8H2,1H3. The maximum Gasteiger partial charge on any atom is 0.258 e. The fraction of sp³-hybridized carbons (Fsp3) is 0.316. The summed E-state index contributed by atoms with van der Waals surface area (Å²) in [5.74, 6) is 0.269. The molecule has 2 aromatic rings. The summed E-state index contributed by atoms with van der Waals surface area (Å²) in [5.41, 5.74) is 2.28. The number of phenolic OH excluding ortho intramolecular Hbond substituents is 1. The van der Waals surface area contributed by atoms with Crippen LogP contribution < -0.4 is 10.1 Å². The number of fused-ring (bicyclic) bond motifs is 1. The summed E-state index contributed by atoms with van der Waals surface area (Å²) in [5, 5.41) is 13.7. The van der Waals surface area contributed by atoms with E-state index in [2.05, 4.69) is 5.32 Å². The molecule has 25 heavy (non-hydrogen) atoms. The average molecular weight is 359 g/mol. The van der Waals surface area contributed by atoms with Gasteiger partial charge in [0.15, 0.2) is 11.5 Å². The Morgan fingerprint density at radius 2 is 2.08 bits per heavy atom. The van der Waals surface area contributed by atoms with Gasteiger partial charge >= 0.3 is 0 Å². The normalized spacial score (nSPS) is 19.4. The van der Waals surface area contributed by atoms with Crippen LogP contribution in [0.5, 0.6) is 11.5 Å². The van der Waals surface area contributed by atoms with Gasteiger partial charge in [0.1, 0.15) is 6.17 Å². The van der Waals surface area contributed by atoms with Crippen molar-refractivity contribution >= 4 is 23.2 Å². The van der Waals surface area contributed by atoms with Gasteiger partial charge in [-0.15, -0.1) is 0 Å². The second kappa shape index (κ2) is 6.15. The molecule has 2 aromatic carbocycles. The van der Waals surface area contributed by atoms with Gasteiger partial charge in [-0.1, -0.05) is 23.7 Å². The third-order valence-corrected chi connectivity index (χ3v) is 4.86. The molecule has 1 saturated carbocycles. The second-order valence-corrected chi connectivity index (χ2v) is 6.73. The minimum absolute atomic E-state index is 0.0176. The van der Waals surface area contributed by atoms with E-state index >= 15 is 0 Å². The molecule has 0 radical (unpaired) electrons. The van der Waals surface area contributed by atoms with Crippen LogP contribution in [-0.2, 0) is 0 Å². The number of ether oxygens (including phenoxy) is 1. The predicted octanol–water partition coefficient (Wildman–Crippen LogP) is 4.17. The Morgan fingerprint density at radius 3 is 2.80 bits per heavy atom. The smallest absolute Gasteiger partial charge is 0.258 e. The zero-order valence-corrected chi connectivity index (χ0v) is 14.6. The number of hydrogen-bond donors (Lipinski definition) is 2. The Hall–Kier alpha value is -2.40. The van der Waals surface area contributed by atoms with Crippen LogP contribution in [0.1, 0.15) is 41.9 Å². The van der Waals surface area contributed by atoms with Crippen molar-refractivity contribution in [2.24, 2.45) is 0 Å². The average Bonchev–Trinajstić information content (AvgIpc) is 3.43. The molecule has 2 aliphatic rings. The molecule has 1 unspecified atom stereocenters. The van der Waals surface area contributed by atoms with Gasteiger partial charge in [0.05, 0.1) is 17.2 Å². The number of hydrogen-bond acceptors (Lipinski definition) is 4. The maximum atomic E-state index is 13.0. The number of para-hydroxylation sites is 1. The fourth-order valence-corrected chi connectivity index (χ4v) is 3.48. The number of amides is 1. The summed E-state index contributed by atoms with van der Waals surface area (Å²) >= 11 is 6.19. The van der Waals surface area contributed by atoms with Gasteiger partial charge in [0, 0.05) is 17.3 Å². The molecule has 130 valence electrons. The topological polar surface area (TPSA) is 61.8 Å². The SMILES string of the molecule is CCOc1cc(C2Nc3ccccc3C(=O)N2C2CC2)cc(Cl)c1O. The lowest BCUT2D eigenvalue weighted by Crippen LogP contribution is -2.44. The Morgan fingerprint density at radius 1 is 1.32 bits per heavy atom. The third-order valence-electron chi connectivity index (χ3n) is 4.57. The van der Waals surface area contributed by atoms with Crippen LogP contribution in [-0.4, -0.2) is 28.6 Å². The number of halogens is 1. The van der Waals surface area contributed by atoms with Crippen molar-refractivity contribution in [1.82, 2.24) is 4.90 Å². The summed E-state index contributed by atoms with van der Waals surface area (Å²) < 4.78 is 5.49. The number of nitrogens with one attached hydrogen (secondary N) is 1. The second-order valence-electron chi connectivity index (χ2n) is 6.32. The summed E-state index contributed by atoms with van der Waals surface area (Å²) in [6.07, 6.45) is 1.65. The van der Waals surface area contributed by atoms with Gasteiger partial charge in [-0.25, -0.2) is 0 Å². The fourth-order valence-electron chi connectivity index (χ4n) is 3.26. The minimum Gasteiger partial charge on any atom is -0.503 e. The largest absolute Gasteiger partial charge is 0.503 e. The van der Waals surface area contributed by atoms with Crippen LogP contribution in [0, 0.1) is 0 Å². The van der Waals surface area contributed by atoms with Crippen molar-refractivity contribution < 1.29 is 14.6 Å². The number of carbonyl (C=O) groups excluding carboxylic acids is 1. The zero-order chi connectivity index (χ0) is 17.6. The highest BCUT2D eigenvalue weighted by Gasteiger charge is 2.42. The van der Waals surface area contributed by atoms with E-state index in [0.29, 0.717) is 17.9 Å². The van der Waals surface area contributed by atoms with Crippen LogP contribution >= 0.6 is 11.6 Å². The molecule has 1 aliphatic carbocycles. The van der Waals surface area contributed by atoms with Crippen molar-refractivity contribution in [3.05, 3.63) is 52.5 Å². The number of phenols is 1. The number of carbonyl (C=O) groups is 1. The van der Waals surface area contributed by atoms with Gasteiger partial charge < -0.3 is 20.1 Å². The van der Waals surface area contributed by atoms with Crippen molar-refractivity contribution in [2.75, 3.05) is 11.9 Å². The lowest BCUT2D eigenvalue weighted by atomic mass is 10.0. The molecule has 0 bridgehead atoms. The first-order valence-electron chi connectivity index (χ1n) is 8.43. The van der Waals surface area contributed by atoms with E-state index in [0.717, 1.165) is 24.1 Å². The van der Waals surface area contributed by atoms with Crippen LogP contribution in [0.2, 0.25) is 5.02 Å². The monoisotopic (exact) mass is 358 g/mol. The number of benzene rings is 2.